The molecule has 0 aliphatic carbocycles. The number of methoxy groups -OCH3 is 2. The fourth-order valence-corrected chi connectivity index (χ4v) is 4.28. The van der Waals surface area contributed by atoms with Gasteiger partial charge in [0, 0.05) is 19.1 Å². The third-order valence-corrected chi connectivity index (χ3v) is 5.80. The molecule has 3 aromatic rings. The van der Waals surface area contributed by atoms with Gasteiger partial charge in [0.05, 0.1) is 19.9 Å². The number of carbonyl (C=O) groups is 1. The van der Waals surface area contributed by atoms with Gasteiger partial charge >= 0.3 is 0 Å². The zero-order chi connectivity index (χ0) is 22.0. The number of aryl methyl sites for hydroxylation is 1. The summed E-state index contributed by atoms with van der Waals surface area (Å²) < 4.78 is 13.6. The Morgan fingerprint density at radius 3 is 2.39 bits per heavy atom. The number of aromatic nitrogens is 3. The van der Waals surface area contributed by atoms with Crippen molar-refractivity contribution in [3.8, 4) is 11.5 Å². The van der Waals surface area contributed by atoms with Crippen molar-refractivity contribution in [3.63, 3.8) is 0 Å². The molecule has 170 valence electrons. The molecule has 0 aliphatic heterocycles. The van der Waals surface area contributed by atoms with E-state index in [0.717, 1.165) is 10.4 Å². The van der Waals surface area contributed by atoms with Crippen LogP contribution >= 0.6 is 23.7 Å². The number of nitrogens with zero attached hydrogens (tertiary/aromatic N) is 5. The summed E-state index contributed by atoms with van der Waals surface area (Å²) in [5.74, 6) is 1.23. The summed E-state index contributed by atoms with van der Waals surface area (Å²) in [7, 11) is 7.20. The molecule has 1 amide bonds. The van der Waals surface area contributed by atoms with Crippen molar-refractivity contribution >= 4 is 45.0 Å². The van der Waals surface area contributed by atoms with Crippen molar-refractivity contribution in [3.05, 3.63) is 29.6 Å². The summed E-state index contributed by atoms with van der Waals surface area (Å²) in [6.45, 7) is 7.12. The van der Waals surface area contributed by atoms with E-state index in [1.165, 1.54) is 11.3 Å². The highest BCUT2D eigenvalue weighted by Gasteiger charge is 2.27. The third-order valence-electron chi connectivity index (χ3n) is 4.71. The van der Waals surface area contributed by atoms with Gasteiger partial charge in [-0.25, -0.2) is 4.98 Å². The normalized spacial score (nSPS) is 11.1. The van der Waals surface area contributed by atoms with Gasteiger partial charge in [-0.05, 0) is 53.1 Å². The van der Waals surface area contributed by atoms with Gasteiger partial charge in [-0.2, -0.15) is 5.10 Å². The smallest absolute Gasteiger partial charge is 0.278 e. The molecule has 0 saturated carbocycles. The number of thiazole rings is 1. The van der Waals surface area contributed by atoms with Crippen molar-refractivity contribution < 1.29 is 14.3 Å². The molecule has 1 aromatic carbocycles. The third kappa shape index (κ3) is 5.11. The van der Waals surface area contributed by atoms with E-state index in [1.807, 2.05) is 58.0 Å². The molecular formula is C21H30ClN5O3S. The Bertz CT molecular complexity index is 1010. The summed E-state index contributed by atoms with van der Waals surface area (Å²) >= 11 is 1.42. The molecule has 0 fully saturated rings. The monoisotopic (exact) mass is 467 g/mol. The van der Waals surface area contributed by atoms with Crippen molar-refractivity contribution in [2.75, 3.05) is 46.3 Å². The lowest BCUT2D eigenvalue weighted by Crippen LogP contribution is -2.38. The molecule has 0 atom stereocenters. The standard InChI is InChI=1S/C21H29N5O3S.ClH/c1-13(2)26-15(12-14(3)23-26)20(27)25(11-10-24(4)5)21-22-18-16(28-6)8-9-17(29-7)19(18)30-21;/h8-9,12-13H,10-11H2,1-7H3;1H. The van der Waals surface area contributed by atoms with Gasteiger partial charge in [0.15, 0.2) is 5.13 Å². The van der Waals surface area contributed by atoms with Crippen molar-refractivity contribution in [2.24, 2.45) is 0 Å². The van der Waals surface area contributed by atoms with E-state index >= 15 is 0 Å². The Morgan fingerprint density at radius 1 is 1.16 bits per heavy atom. The van der Waals surface area contributed by atoms with Crippen LogP contribution in [-0.4, -0.2) is 67.0 Å². The number of amides is 1. The topological polar surface area (TPSA) is 72.7 Å². The largest absolute Gasteiger partial charge is 0.495 e. The summed E-state index contributed by atoms with van der Waals surface area (Å²) in [4.78, 5) is 22.2. The van der Waals surface area contributed by atoms with Crippen LogP contribution in [0.3, 0.4) is 0 Å². The van der Waals surface area contributed by atoms with Crippen molar-refractivity contribution in [1.29, 1.82) is 0 Å². The molecule has 0 N–H and O–H groups in total. The maximum absolute atomic E-state index is 13.6. The van der Waals surface area contributed by atoms with E-state index in [4.69, 9.17) is 14.5 Å². The van der Waals surface area contributed by atoms with Crippen LogP contribution < -0.4 is 14.4 Å². The quantitative estimate of drug-likeness (QED) is 0.498. The van der Waals surface area contributed by atoms with Gasteiger partial charge in [0.25, 0.3) is 5.91 Å². The molecule has 10 heteroatoms. The summed E-state index contributed by atoms with van der Waals surface area (Å²) in [5.41, 5.74) is 2.06. The molecule has 0 bridgehead atoms. The number of halogens is 1. The number of rotatable bonds is 8. The van der Waals surface area contributed by atoms with Gasteiger partial charge in [-0.1, -0.05) is 11.3 Å². The highest BCUT2D eigenvalue weighted by atomic mass is 35.5. The Labute approximate surface area is 193 Å². The first-order valence-electron chi connectivity index (χ1n) is 9.81. The lowest BCUT2D eigenvalue weighted by molar-refractivity contribution is 0.0973. The molecule has 2 aromatic heterocycles. The van der Waals surface area contributed by atoms with Crippen LogP contribution in [0.1, 0.15) is 36.1 Å². The lowest BCUT2D eigenvalue weighted by atomic mass is 10.3. The minimum Gasteiger partial charge on any atom is -0.495 e. The molecule has 2 heterocycles. The Kier molecular flexibility index (Phi) is 8.27. The van der Waals surface area contributed by atoms with Crippen LogP contribution in [0.15, 0.2) is 18.2 Å². The molecule has 8 nitrogen and oxygen atoms in total. The van der Waals surface area contributed by atoms with Crippen LogP contribution in [0.5, 0.6) is 11.5 Å². The van der Waals surface area contributed by atoms with Crippen LogP contribution in [0, 0.1) is 6.92 Å². The van der Waals surface area contributed by atoms with E-state index in [-0.39, 0.29) is 24.4 Å². The maximum Gasteiger partial charge on any atom is 0.278 e. The molecule has 0 aliphatic rings. The number of ether oxygens (including phenoxy) is 2. The number of likely N-dealkylation sites (N-methyl/N-ethyl adjacent to an activating group) is 1. The average molecular weight is 468 g/mol. The Balaban J connectivity index is 0.00000341. The lowest BCUT2D eigenvalue weighted by Gasteiger charge is -2.22. The van der Waals surface area contributed by atoms with Gasteiger partial charge < -0.3 is 14.4 Å². The zero-order valence-corrected chi connectivity index (χ0v) is 20.6. The van der Waals surface area contributed by atoms with Gasteiger partial charge in [0.1, 0.15) is 27.4 Å². The molecule has 0 spiro atoms. The first-order valence-corrected chi connectivity index (χ1v) is 10.6. The van der Waals surface area contributed by atoms with Gasteiger partial charge in [-0.3, -0.25) is 14.4 Å². The molecule has 0 radical (unpaired) electrons. The van der Waals surface area contributed by atoms with Crippen LogP contribution in [0.25, 0.3) is 10.2 Å². The summed E-state index contributed by atoms with van der Waals surface area (Å²) in [5, 5.41) is 5.11. The molecule has 0 saturated heterocycles. The second-order valence-corrected chi connectivity index (χ2v) is 8.59. The fourth-order valence-electron chi connectivity index (χ4n) is 3.18. The van der Waals surface area contributed by atoms with E-state index in [9.17, 15) is 4.79 Å². The number of fused-ring (bicyclic) bond motifs is 1. The minimum atomic E-state index is -0.122. The molecule has 31 heavy (non-hydrogen) atoms. The SMILES string of the molecule is COc1ccc(OC)c2sc(N(CCN(C)C)C(=O)c3cc(C)nn3C(C)C)nc12.Cl. The number of anilines is 1. The maximum atomic E-state index is 13.6. The first-order chi connectivity index (χ1) is 14.3. The number of hydrogen-bond acceptors (Lipinski definition) is 7. The average Bonchev–Trinajstić information content (AvgIpc) is 3.31. The first kappa shape index (κ1) is 24.9. The molecule has 0 unspecified atom stereocenters. The van der Waals surface area contributed by atoms with Crippen molar-refractivity contribution in [1.82, 2.24) is 19.7 Å². The second kappa shape index (κ2) is 10.3. The van der Waals surface area contributed by atoms with Crippen molar-refractivity contribution in [2.45, 2.75) is 26.8 Å². The van der Waals surface area contributed by atoms with Gasteiger partial charge in [0.2, 0.25) is 0 Å². The van der Waals surface area contributed by atoms with E-state index in [0.29, 0.717) is 40.9 Å². The predicted molar refractivity (Wildman–Crippen MR) is 128 cm³/mol. The zero-order valence-electron chi connectivity index (χ0n) is 19.0. The molecular weight excluding hydrogens is 438 g/mol. The highest BCUT2D eigenvalue weighted by Crippen LogP contribution is 2.40. The number of hydrogen-bond donors (Lipinski definition) is 0. The number of carbonyl (C=O) groups excluding carboxylic acids is 1. The van der Waals surface area contributed by atoms with Crippen LogP contribution in [0.4, 0.5) is 5.13 Å². The second-order valence-electron chi connectivity index (χ2n) is 7.61. The van der Waals surface area contributed by atoms with Crippen LogP contribution in [-0.2, 0) is 0 Å². The van der Waals surface area contributed by atoms with Gasteiger partial charge in [-0.15, -0.1) is 12.4 Å². The van der Waals surface area contributed by atoms with Crippen LogP contribution in [0.2, 0.25) is 0 Å². The summed E-state index contributed by atoms with van der Waals surface area (Å²) in [6, 6.07) is 5.59. The fraction of sp³-hybridized carbons (Fsp3) is 0.476. The Hall–Kier alpha value is -2.36. The van der Waals surface area contributed by atoms with E-state index < -0.39 is 0 Å². The van der Waals surface area contributed by atoms with E-state index in [2.05, 4.69) is 5.10 Å². The minimum absolute atomic E-state index is 0. The molecule has 3 rings (SSSR count). The Morgan fingerprint density at radius 2 is 1.81 bits per heavy atom. The summed E-state index contributed by atoms with van der Waals surface area (Å²) in [6.07, 6.45) is 0. The predicted octanol–water partition coefficient (Wildman–Crippen LogP) is 4.03. The highest BCUT2D eigenvalue weighted by molar-refractivity contribution is 7.22. The number of benzene rings is 1. The van der Waals surface area contributed by atoms with E-state index in [1.54, 1.807) is 23.8 Å².